The van der Waals surface area contributed by atoms with Crippen LogP contribution in [-0.2, 0) is 6.42 Å². The molecule has 106 valence electrons. The van der Waals surface area contributed by atoms with E-state index in [1.54, 1.807) is 0 Å². The summed E-state index contributed by atoms with van der Waals surface area (Å²) in [4.78, 5) is 16.4. The van der Waals surface area contributed by atoms with E-state index < -0.39 is 0 Å². The van der Waals surface area contributed by atoms with E-state index in [0.29, 0.717) is 23.5 Å². The summed E-state index contributed by atoms with van der Waals surface area (Å²) < 4.78 is 0. The zero-order valence-corrected chi connectivity index (χ0v) is 12.9. The molecule has 0 spiro atoms. The summed E-state index contributed by atoms with van der Waals surface area (Å²) in [5.41, 5.74) is 6.03. The van der Waals surface area contributed by atoms with Crippen LogP contribution in [0.2, 0.25) is 0 Å². The van der Waals surface area contributed by atoms with Crippen LogP contribution in [0.1, 0.15) is 41.7 Å². The highest BCUT2D eigenvalue weighted by molar-refractivity contribution is 7.99. The van der Waals surface area contributed by atoms with Crippen LogP contribution >= 0.6 is 23.1 Å². The molecule has 2 unspecified atom stereocenters. The van der Waals surface area contributed by atoms with E-state index in [-0.39, 0.29) is 5.91 Å². The fourth-order valence-electron chi connectivity index (χ4n) is 2.37. The third-order valence-corrected chi connectivity index (χ3v) is 5.41. The molecule has 2 atom stereocenters. The molecule has 0 aromatic carbocycles. The van der Waals surface area contributed by atoms with Gasteiger partial charge in [0.1, 0.15) is 5.69 Å². The van der Waals surface area contributed by atoms with Gasteiger partial charge in [-0.2, -0.15) is 11.8 Å². The standard InChI is InChI=1S/C13H21N3OS2/c1-2-18-10-4-3-9(7-10)15-13(17)11-8-19-12(16-11)5-6-14/h8-10H,2-7,14H2,1H3,(H,15,17). The van der Waals surface area contributed by atoms with Crippen molar-refractivity contribution in [3.63, 3.8) is 0 Å². The molecule has 1 aromatic heterocycles. The summed E-state index contributed by atoms with van der Waals surface area (Å²) in [5.74, 6) is 1.12. The van der Waals surface area contributed by atoms with E-state index in [1.807, 2.05) is 17.1 Å². The van der Waals surface area contributed by atoms with Crippen molar-refractivity contribution in [2.45, 2.75) is 43.9 Å². The first kappa shape index (κ1) is 14.8. The van der Waals surface area contributed by atoms with E-state index in [2.05, 4.69) is 17.2 Å². The molecular formula is C13H21N3OS2. The Morgan fingerprint density at radius 2 is 2.47 bits per heavy atom. The van der Waals surface area contributed by atoms with Gasteiger partial charge in [0.05, 0.1) is 5.01 Å². The second-order valence-corrected chi connectivity index (χ2v) is 7.25. The highest BCUT2D eigenvalue weighted by Gasteiger charge is 2.26. The molecule has 1 amide bonds. The predicted molar refractivity (Wildman–Crippen MR) is 81.9 cm³/mol. The number of thioether (sulfide) groups is 1. The molecule has 1 aliphatic rings. The van der Waals surface area contributed by atoms with Gasteiger partial charge in [0, 0.05) is 23.1 Å². The average molecular weight is 299 g/mol. The fourth-order valence-corrected chi connectivity index (χ4v) is 4.31. The average Bonchev–Trinajstić information content (AvgIpc) is 3.00. The molecule has 1 saturated carbocycles. The molecule has 0 saturated heterocycles. The molecule has 0 bridgehead atoms. The van der Waals surface area contributed by atoms with Crippen LogP contribution in [0.5, 0.6) is 0 Å². The topological polar surface area (TPSA) is 68.0 Å². The van der Waals surface area contributed by atoms with Crippen molar-refractivity contribution in [3.8, 4) is 0 Å². The third-order valence-electron chi connectivity index (χ3n) is 3.26. The Hall–Kier alpha value is -0.590. The Kier molecular flexibility index (Phi) is 5.66. The van der Waals surface area contributed by atoms with Gasteiger partial charge in [-0.05, 0) is 31.6 Å². The van der Waals surface area contributed by atoms with Crippen LogP contribution in [0.3, 0.4) is 0 Å². The smallest absolute Gasteiger partial charge is 0.270 e. The first-order valence-corrected chi connectivity index (χ1v) is 8.72. The molecule has 4 nitrogen and oxygen atoms in total. The number of aromatic nitrogens is 1. The normalized spacial score (nSPS) is 22.6. The van der Waals surface area contributed by atoms with E-state index in [0.717, 1.165) is 30.0 Å². The highest BCUT2D eigenvalue weighted by Crippen LogP contribution is 2.29. The Morgan fingerprint density at radius 1 is 1.63 bits per heavy atom. The molecule has 3 N–H and O–H groups in total. The minimum atomic E-state index is -0.0355. The minimum Gasteiger partial charge on any atom is -0.348 e. The Labute approximate surface area is 122 Å². The van der Waals surface area contributed by atoms with Crippen molar-refractivity contribution in [2.75, 3.05) is 12.3 Å². The molecule has 0 radical (unpaired) electrons. The molecule has 1 fully saturated rings. The van der Waals surface area contributed by atoms with Crippen molar-refractivity contribution >= 4 is 29.0 Å². The summed E-state index contributed by atoms with van der Waals surface area (Å²) in [7, 11) is 0. The van der Waals surface area contributed by atoms with Crippen LogP contribution in [0.25, 0.3) is 0 Å². The van der Waals surface area contributed by atoms with Gasteiger partial charge in [0.2, 0.25) is 0 Å². The summed E-state index contributed by atoms with van der Waals surface area (Å²) in [6.45, 7) is 2.76. The first-order valence-electron chi connectivity index (χ1n) is 6.79. The van der Waals surface area contributed by atoms with Crippen molar-refractivity contribution in [2.24, 2.45) is 5.73 Å². The molecule has 19 heavy (non-hydrogen) atoms. The number of thiazole rings is 1. The Morgan fingerprint density at radius 3 is 3.21 bits per heavy atom. The number of nitrogens with zero attached hydrogens (tertiary/aromatic N) is 1. The summed E-state index contributed by atoms with van der Waals surface area (Å²) in [5, 5.41) is 6.58. The maximum Gasteiger partial charge on any atom is 0.270 e. The van der Waals surface area contributed by atoms with Crippen LogP contribution in [0.15, 0.2) is 5.38 Å². The Balaban J connectivity index is 1.83. The second-order valence-electron chi connectivity index (χ2n) is 4.73. The van der Waals surface area contributed by atoms with E-state index in [4.69, 9.17) is 5.73 Å². The summed E-state index contributed by atoms with van der Waals surface area (Å²) >= 11 is 3.51. The van der Waals surface area contributed by atoms with E-state index in [9.17, 15) is 4.79 Å². The molecular weight excluding hydrogens is 278 g/mol. The van der Waals surface area contributed by atoms with Gasteiger partial charge < -0.3 is 11.1 Å². The van der Waals surface area contributed by atoms with Gasteiger partial charge >= 0.3 is 0 Å². The molecule has 6 heteroatoms. The first-order chi connectivity index (χ1) is 9.22. The maximum atomic E-state index is 12.1. The molecule has 0 aliphatic heterocycles. The number of nitrogens with one attached hydrogen (secondary N) is 1. The fraction of sp³-hybridized carbons (Fsp3) is 0.692. The zero-order valence-electron chi connectivity index (χ0n) is 11.2. The SMILES string of the molecule is CCSC1CCC(NC(=O)c2csc(CCN)n2)C1. The van der Waals surface area contributed by atoms with Gasteiger partial charge in [0.25, 0.3) is 5.91 Å². The number of nitrogens with two attached hydrogens (primary N) is 1. The minimum absolute atomic E-state index is 0.0355. The lowest BCUT2D eigenvalue weighted by Gasteiger charge is -2.12. The monoisotopic (exact) mass is 299 g/mol. The largest absolute Gasteiger partial charge is 0.348 e. The lowest BCUT2D eigenvalue weighted by Crippen LogP contribution is -2.33. The van der Waals surface area contributed by atoms with Crippen molar-refractivity contribution < 1.29 is 4.79 Å². The number of carbonyl (C=O) groups is 1. The van der Waals surface area contributed by atoms with Crippen molar-refractivity contribution in [1.29, 1.82) is 0 Å². The molecule has 1 aromatic rings. The Bertz CT molecular complexity index is 422. The second kappa shape index (κ2) is 7.26. The molecule has 1 aliphatic carbocycles. The highest BCUT2D eigenvalue weighted by atomic mass is 32.2. The van der Waals surface area contributed by atoms with Gasteiger partial charge in [-0.1, -0.05) is 6.92 Å². The number of hydrogen-bond acceptors (Lipinski definition) is 5. The van der Waals surface area contributed by atoms with Crippen molar-refractivity contribution in [3.05, 3.63) is 16.1 Å². The van der Waals surface area contributed by atoms with Crippen LogP contribution in [0, 0.1) is 0 Å². The van der Waals surface area contributed by atoms with Crippen LogP contribution in [0.4, 0.5) is 0 Å². The van der Waals surface area contributed by atoms with E-state index >= 15 is 0 Å². The number of hydrogen-bond donors (Lipinski definition) is 2. The lowest BCUT2D eigenvalue weighted by molar-refractivity contribution is 0.0933. The third kappa shape index (κ3) is 4.19. The maximum absolute atomic E-state index is 12.1. The number of rotatable bonds is 6. The van der Waals surface area contributed by atoms with Gasteiger partial charge in [-0.15, -0.1) is 11.3 Å². The quantitative estimate of drug-likeness (QED) is 0.843. The van der Waals surface area contributed by atoms with Gasteiger partial charge in [-0.3, -0.25) is 4.79 Å². The lowest BCUT2D eigenvalue weighted by atomic mass is 10.2. The van der Waals surface area contributed by atoms with Gasteiger partial charge in [0.15, 0.2) is 0 Å². The predicted octanol–water partition coefficient (Wildman–Crippen LogP) is 2.05. The number of amides is 1. The summed E-state index contributed by atoms with van der Waals surface area (Å²) in [6.07, 6.45) is 4.13. The van der Waals surface area contributed by atoms with Crippen molar-refractivity contribution in [1.82, 2.24) is 10.3 Å². The molecule has 2 rings (SSSR count). The van der Waals surface area contributed by atoms with Crippen LogP contribution < -0.4 is 11.1 Å². The van der Waals surface area contributed by atoms with Gasteiger partial charge in [-0.25, -0.2) is 4.98 Å². The summed E-state index contributed by atoms with van der Waals surface area (Å²) in [6, 6.07) is 0.316. The number of carbonyl (C=O) groups excluding carboxylic acids is 1. The molecule has 1 heterocycles. The zero-order chi connectivity index (χ0) is 13.7. The van der Waals surface area contributed by atoms with E-state index in [1.165, 1.54) is 17.8 Å². The van der Waals surface area contributed by atoms with Crippen LogP contribution in [-0.4, -0.2) is 34.5 Å².